The van der Waals surface area contributed by atoms with E-state index in [9.17, 15) is 14.4 Å². The molecular formula is C31H47N5O3. The standard InChI is InChI=1S/C31H47N5O3/c1-20(2)27-29(38)34-23(5)30(39)36-18-10-14-26(35-36)28(37)33-22(4)25-13-8-11-24(19-25)12-9-16-31(6,7)17-15-21(3)32-27/h8-9,11-13,19-20,22-23,26-27,32,35H,3,10,14-18H2,1-2,4-7H3,(H,33,37)(H,34,38)/b12-9+/t22-,23+,26+,27+/m1/s1. The number of hydrogen-bond acceptors (Lipinski definition) is 5. The Morgan fingerprint density at radius 2 is 1.74 bits per heavy atom. The lowest BCUT2D eigenvalue weighted by Crippen LogP contribution is -2.61. The lowest BCUT2D eigenvalue weighted by atomic mass is 9.83. The van der Waals surface area contributed by atoms with E-state index in [2.05, 4.69) is 66.1 Å². The van der Waals surface area contributed by atoms with Crippen LogP contribution in [0.25, 0.3) is 6.08 Å². The number of benzene rings is 1. The van der Waals surface area contributed by atoms with Crippen LogP contribution in [-0.4, -0.2) is 47.4 Å². The number of allylic oxidation sites excluding steroid dienone is 2. The summed E-state index contributed by atoms with van der Waals surface area (Å²) < 4.78 is 0. The van der Waals surface area contributed by atoms with E-state index in [4.69, 9.17) is 0 Å². The van der Waals surface area contributed by atoms with Crippen LogP contribution < -0.4 is 21.4 Å². The van der Waals surface area contributed by atoms with Gasteiger partial charge in [-0.15, -0.1) is 0 Å². The molecule has 8 heteroatoms. The zero-order valence-electron chi connectivity index (χ0n) is 24.5. The van der Waals surface area contributed by atoms with E-state index in [-0.39, 0.29) is 35.1 Å². The SMILES string of the molecule is C=C1CCC(C)(C)C/C=C/c2cccc(c2)[C@@H](C)NC(=O)[C@@H]2CCCN(N2)C(=O)[C@H](C)NC(=O)[C@H](C(C)C)N1. The number of nitrogens with zero attached hydrogens (tertiary/aromatic N) is 1. The molecule has 0 aromatic heterocycles. The number of carbonyl (C=O) groups excluding carboxylic acids is 3. The van der Waals surface area contributed by atoms with E-state index in [1.54, 1.807) is 6.92 Å². The van der Waals surface area contributed by atoms with Crippen LogP contribution in [0.2, 0.25) is 0 Å². The third-order valence-electron chi connectivity index (χ3n) is 7.66. The van der Waals surface area contributed by atoms with Gasteiger partial charge in [0.15, 0.2) is 0 Å². The van der Waals surface area contributed by atoms with E-state index >= 15 is 0 Å². The van der Waals surface area contributed by atoms with E-state index in [0.717, 1.165) is 36.1 Å². The molecule has 2 heterocycles. The van der Waals surface area contributed by atoms with Gasteiger partial charge in [0.1, 0.15) is 18.1 Å². The van der Waals surface area contributed by atoms with Crippen LogP contribution in [0.1, 0.15) is 90.8 Å². The average molecular weight is 538 g/mol. The van der Waals surface area contributed by atoms with Crippen molar-refractivity contribution in [2.45, 2.75) is 97.8 Å². The first-order chi connectivity index (χ1) is 18.4. The fourth-order valence-electron chi connectivity index (χ4n) is 4.99. The van der Waals surface area contributed by atoms with Crippen LogP contribution >= 0.6 is 0 Å². The molecule has 1 aromatic carbocycles. The molecule has 4 N–H and O–H groups in total. The van der Waals surface area contributed by atoms with E-state index in [1.807, 2.05) is 32.9 Å². The maximum atomic E-state index is 13.2. The molecular weight excluding hydrogens is 490 g/mol. The van der Waals surface area contributed by atoms with Gasteiger partial charge in [0.05, 0.1) is 6.04 Å². The monoisotopic (exact) mass is 537 g/mol. The minimum Gasteiger partial charge on any atom is -0.377 e. The molecule has 3 amide bonds. The van der Waals surface area contributed by atoms with E-state index in [1.165, 1.54) is 5.01 Å². The minimum atomic E-state index is -0.742. The summed E-state index contributed by atoms with van der Waals surface area (Å²) in [7, 11) is 0. The quantitative estimate of drug-likeness (QED) is 0.430. The molecule has 0 radical (unpaired) electrons. The van der Waals surface area contributed by atoms with Crippen LogP contribution in [0, 0.1) is 11.3 Å². The third kappa shape index (κ3) is 8.68. The molecule has 1 aromatic rings. The second-order valence-electron chi connectivity index (χ2n) is 12.2. The van der Waals surface area contributed by atoms with Crippen molar-refractivity contribution in [1.29, 1.82) is 0 Å². The Kier molecular flexibility index (Phi) is 10.4. The third-order valence-corrected chi connectivity index (χ3v) is 7.66. The van der Waals surface area contributed by atoms with Crippen molar-refractivity contribution in [3.05, 3.63) is 53.7 Å². The smallest absolute Gasteiger partial charge is 0.258 e. The number of hydrogen-bond donors (Lipinski definition) is 4. The normalized spacial score (nSPS) is 28.4. The van der Waals surface area contributed by atoms with Gasteiger partial charge in [0.2, 0.25) is 11.8 Å². The highest BCUT2D eigenvalue weighted by Gasteiger charge is 2.33. The number of nitrogens with one attached hydrogen (secondary N) is 4. The lowest BCUT2D eigenvalue weighted by Gasteiger charge is -2.35. The predicted molar refractivity (Wildman–Crippen MR) is 156 cm³/mol. The van der Waals surface area contributed by atoms with Crippen molar-refractivity contribution in [3.8, 4) is 0 Å². The molecule has 2 aliphatic rings. The number of rotatable bonds is 1. The maximum Gasteiger partial charge on any atom is 0.258 e. The fraction of sp³-hybridized carbons (Fsp3) is 0.581. The minimum absolute atomic E-state index is 0.00415. The Bertz CT molecular complexity index is 1080. The van der Waals surface area contributed by atoms with E-state index in [0.29, 0.717) is 19.4 Å². The summed E-state index contributed by atoms with van der Waals surface area (Å²) in [4.78, 5) is 39.5. The van der Waals surface area contributed by atoms with Gasteiger partial charge < -0.3 is 16.0 Å². The number of amides is 3. The van der Waals surface area contributed by atoms with Crippen molar-refractivity contribution in [2.24, 2.45) is 11.3 Å². The Labute approximate surface area is 234 Å². The molecule has 39 heavy (non-hydrogen) atoms. The van der Waals surface area contributed by atoms with Gasteiger partial charge in [0.25, 0.3) is 5.91 Å². The van der Waals surface area contributed by atoms with Crippen LogP contribution in [0.3, 0.4) is 0 Å². The Morgan fingerprint density at radius 1 is 1.03 bits per heavy atom. The summed E-state index contributed by atoms with van der Waals surface area (Å²) in [6.07, 6.45) is 8.21. The van der Waals surface area contributed by atoms with E-state index < -0.39 is 18.1 Å². The van der Waals surface area contributed by atoms with Crippen molar-refractivity contribution in [3.63, 3.8) is 0 Å². The lowest BCUT2D eigenvalue weighted by molar-refractivity contribution is -0.143. The second kappa shape index (κ2) is 13.3. The van der Waals surface area contributed by atoms with Crippen LogP contribution in [-0.2, 0) is 14.4 Å². The molecule has 0 spiro atoms. The molecule has 4 atom stereocenters. The molecule has 2 aliphatic heterocycles. The molecule has 214 valence electrons. The first-order valence-electron chi connectivity index (χ1n) is 14.3. The molecule has 1 fully saturated rings. The molecule has 8 nitrogen and oxygen atoms in total. The number of hydrazine groups is 1. The molecule has 1 saturated heterocycles. The number of carbonyl (C=O) groups is 3. The Balaban J connectivity index is 1.85. The first kappa shape index (κ1) is 30.4. The Morgan fingerprint density at radius 3 is 2.46 bits per heavy atom. The first-order valence-corrected chi connectivity index (χ1v) is 14.3. The molecule has 3 rings (SSSR count). The van der Waals surface area contributed by atoms with Crippen molar-refractivity contribution < 1.29 is 14.4 Å². The van der Waals surface area contributed by atoms with Gasteiger partial charge in [-0.25, -0.2) is 5.43 Å². The molecule has 0 aliphatic carbocycles. The predicted octanol–water partition coefficient (Wildman–Crippen LogP) is 4.22. The fourth-order valence-corrected chi connectivity index (χ4v) is 4.99. The van der Waals surface area contributed by atoms with Gasteiger partial charge in [-0.1, -0.05) is 64.6 Å². The second-order valence-corrected chi connectivity index (χ2v) is 12.2. The van der Waals surface area contributed by atoms with Gasteiger partial charge in [0, 0.05) is 12.2 Å². The van der Waals surface area contributed by atoms with Crippen molar-refractivity contribution >= 4 is 23.8 Å². The zero-order valence-corrected chi connectivity index (χ0v) is 24.5. The van der Waals surface area contributed by atoms with Crippen molar-refractivity contribution in [2.75, 3.05) is 6.54 Å². The summed E-state index contributed by atoms with van der Waals surface area (Å²) in [5.74, 6) is -0.648. The largest absolute Gasteiger partial charge is 0.377 e. The summed E-state index contributed by atoms with van der Waals surface area (Å²) in [5, 5.41) is 10.8. The molecule has 0 unspecified atom stereocenters. The summed E-state index contributed by atoms with van der Waals surface area (Å²) in [5.41, 5.74) is 6.07. The van der Waals surface area contributed by atoms with Crippen LogP contribution in [0.5, 0.6) is 0 Å². The molecule has 0 saturated carbocycles. The van der Waals surface area contributed by atoms with Gasteiger partial charge in [-0.2, -0.15) is 0 Å². The van der Waals surface area contributed by atoms with Gasteiger partial charge >= 0.3 is 0 Å². The van der Waals surface area contributed by atoms with Crippen LogP contribution in [0.4, 0.5) is 0 Å². The molecule has 4 bridgehead atoms. The topological polar surface area (TPSA) is 103 Å². The Hall–Kier alpha value is -3.13. The highest BCUT2D eigenvalue weighted by molar-refractivity contribution is 5.90. The maximum absolute atomic E-state index is 13.2. The number of fused-ring (bicyclic) bond motifs is 4. The van der Waals surface area contributed by atoms with Crippen molar-refractivity contribution in [1.82, 2.24) is 26.4 Å². The van der Waals surface area contributed by atoms with Crippen LogP contribution in [0.15, 0.2) is 42.6 Å². The highest BCUT2D eigenvalue weighted by atomic mass is 16.2. The average Bonchev–Trinajstić information content (AvgIpc) is 2.89. The van der Waals surface area contributed by atoms with Gasteiger partial charge in [-0.05, 0) is 74.5 Å². The summed E-state index contributed by atoms with van der Waals surface area (Å²) in [6.45, 7) is 16.7. The summed E-state index contributed by atoms with van der Waals surface area (Å²) >= 11 is 0. The van der Waals surface area contributed by atoms with Gasteiger partial charge in [-0.3, -0.25) is 19.4 Å². The zero-order chi connectivity index (χ0) is 28.7. The highest BCUT2D eigenvalue weighted by Crippen LogP contribution is 2.29. The summed E-state index contributed by atoms with van der Waals surface area (Å²) in [6, 6.07) is 6.24.